The molecule has 0 saturated carbocycles. The predicted molar refractivity (Wildman–Crippen MR) is 78.8 cm³/mol. The topological polar surface area (TPSA) is 49.8 Å². The Hall–Kier alpha value is -0.610. The highest BCUT2D eigenvalue weighted by Crippen LogP contribution is 2.33. The van der Waals surface area contributed by atoms with E-state index in [2.05, 4.69) is 18.7 Å². The highest BCUT2D eigenvalue weighted by atomic mass is 16.5. The minimum Gasteiger partial charge on any atom is -0.481 e. The summed E-state index contributed by atoms with van der Waals surface area (Å²) in [6.07, 6.45) is 6.87. The van der Waals surface area contributed by atoms with Crippen LogP contribution in [0.3, 0.4) is 0 Å². The van der Waals surface area contributed by atoms with E-state index in [1.54, 1.807) is 0 Å². The monoisotopic (exact) mass is 283 g/mol. The highest BCUT2D eigenvalue weighted by molar-refractivity contribution is 5.66. The number of carbonyl (C=O) groups is 1. The molecule has 0 aromatic carbocycles. The quantitative estimate of drug-likeness (QED) is 0.843. The Morgan fingerprint density at radius 2 is 2.05 bits per heavy atom. The summed E-state index contributed by atoms with van der Waals surface area (Å²) in [4.78, 5) is 13.3. The number of aliphatic carboxylic acids is 1. The molecule has 20 heavy (non-hydrogen) atoms. The molecular formula is C16H29NO3. The normalized spacial score (nSPS) is 33.2. The molecule has 0 bridgehead atoms. The molecule has 4 heteroatoms. The van der Waals surface area contributed by atoms with E-state index in [9.17, 15) is 4.79 Å². The highest BCUT2D eigenvalue weighted by Gasteiger charge is 2.35. The van der Waals surface area contributed by atoms with Gasteiger partial charge in [0.05, 0.1) is 5.60 Å². The van der Waals surface area contributed by atoms with E-state index in [-0.39, 0.29) is 5.60 Å². The minimum atomic E-state index is -0.657. The van der Waals surface area contributed by atoms with Crippen LogP contribution in [0, 0.1) is 5.92 Å². The summed E-state index contributed by atoms with van der Waals surface area (Å²) in [6, 6.07) is 0.661. The molecule has 2 atom stereocenters. The molecule has 0 aromatic rings. The first-order valence-electron chi connectivity index (χ1n) is 8.12. The maximum atomic E-state index is 10.6. The average molecular weight is 283 g/mol. The second kappa shape index (κ2) is 6.90. The Kier molecular flexibility index (Phi) is 5.44. The molecule has 2 heterocycles. The van der Waals surface area contributed by atoms with E-state index in [4.69, 9.17) is 9.84 Å². The van der Waals surface area contributed by atoms with Crippen molar-refractivity contribution in [2.24, 2.45) is 5.92 Å². The lowest BCUT2D eigenvalue weighted by Crippen LogP contribution is -2.49. The predicted octanol–water partition coefficient (Wildman–Crippen LogP) is 2.91. The van der Waals surface area contributed by atoms with E-state index in [1.165, 1.54) is 0 Å². The van der Waals surface area contributed by atoms with E-state index < -0.39 is 5.97 Å². The first kappa shape index (κ1) is 15.8. The van der Waals surface area contributed by atoms with Crippen molar-refractivity contribution in [3.63, 3.8) is 0 Å². The zero-order valence-electron chi connectivity index (χ0n) is 12.9. The Morgan fingerprint density at radius 1 is 1.35 bits per heavy atom. The fourth-order valence-electron chi connectivity index (χ4n) is 3.59. The maximum absolute atomic E-state index is 10.6. The molecule has 2 aliphatic heterocycles. The number of hydrogen-bond donors (Lipinski definition) is 1. The summed E-state index contributed by atoms with van der Waals surface area (Å²) in [5.41, 5.74) is 0.0586. The van der Waals surface area contributed by atoms with Gasteiger partial charge in [-0.25, -0.2) is 0 Å². The number of hydrogen-bond acceptors (Lipinski definition) is 3. The second-order valence-corrected chi connectivity index (χ2v) is 6.71. The van der Waals surface area contributed by atoms with Crippen molar-refractivity contribution >= 4 is 5.97 Å². The van der Waals surface area contributed by atoms with E-state index in [0.29, 0.717) is 18.4 Å². The van der Waals surface area contributed by atoms with Gasteiger partial charge in [-0.05, 0) is 64.5 Å². The van der Waals surface area contributed by atoms with Gasteiger partial charge < -0.3 is 14.7 Å². The number of likely N-dealkylation sites (tertiary alicyclic amines) is 1. The fraction of sp³-hybridized carbons (Fsp3) is 0.938. The first-order chi connectivity index (χ1) is 9.52. The van der Waals surface area contributed by atoms with Crippen molar-refractivity contribution in [3.05, 3.63) is 0 Å². The van der Waals surface area contributed by atoms with Gasteiger partial charge in [0, 0.05) is 19.1 Å². The van der Waals surface area contributed by atoms with Crippen LogP contribution in [0.1, 0.15) is 58.8 Å². The molecule has 1 N–H and O–H groups in total. The number of nitrogens with zero attached hydrogens (tertiary/aromatic N) is 1. The van der Waals surface area contributed by atoms with Crippen molar-refractivity contribution in [1.82, 2.24) is 4.90 Å². The Bertz CT molecular complexity index is 326. The molecular weight excluding hydrogens is 254 g/mol. The van der Waals surface area contributed by atoms with Crippen LogP contribution >= 0.6 is 0 Å². The maximum Gasteiger partial charge on any atom is 0.303 e. The lowest BCUT2D eigenvalue weighted by Gasteiger charge is -2.45. The van der Waals surface area contributed by atoms with Crippen molar-refractivity contribution < 1.29 is 14.6 Å². The van der Waals surface area contributed by atoms with Crippen LogP contribution in [0.15, 0.2) is 0 Å². The number of carboxylic acid groups (broad SMARTS) is 1. The van der Waals surface area contributed by atoms with Crippen molar-refractivity contribution in [3.8, 4) is 0 Å². The second-order valence-electron chi connectivity index (χ2n) is 6.71. The smallest absolute Gasteiger partial charge is 0.303 e. The van der Waals surface area contributed by atoms with Crippen LogP contribution in [0.5, 0.6) is 0 Å². The van der Waals surface area contributed by atoms with Crippen LogP contribution in [0.25, 0.3) is 0 Å². The molecule has 4 nitrogen and oxygen atoms in total. The molecule has 0 radical (unpaired) electrons. The standard InChI is InChI=1S/C16H29NO3/c1-3-16(2)12-14(8-11-20-16)17-9-6-13(7-10-17)4-5-15(18)19/h13-14H,3-12H2,1-2H3,(H,18,19). The number of carboxylic acids is 1. The largest absolute Gasteiger partial charge is 0.481 e. The van der Waals surface area contributed by atoms with Crippen LogP contribution in [-0.2, 0) is 9.53 Å². The summed E-state index contributed by atoms with van der Waals surface area (Å²) in [6.45, 7) is 7.59. The summed E-state index contributed by atoms with van der Waals surface area (Å²) in [5.74, 6) is -0.0460. The van der Waals surface area contributed by atoms with Crippen LogP contribution in [-0.4, -0.2) is 47.3 Å². The molecule has 2 unspecified atom stereocenters. The molecule has 0 spiro atoms. The Morgan fingerprint density at radius 3 is 2.65 bits per heavy atom. The SMILES string of the molecule is CCC1(C)CC(N2CCC(CCC(=O)O)CC2)CCO1. The third-order valence-electron chi connectivity index (χ3n) is 5.25. The first-order valence-corrected chi connectivity index (χ1v) is 8.12. The average Bonchev–Trinajstić information content (AvgIpc) is 2.46. The zero-order valence-corrected chi connectivity index (χ0v) is 12.9. The summed E-state index contributed by atoms with van der Waals surface area (Å²) < 4.78 is 5.93. The van der Waals surface area contributed by atoms with Crippen LogP contribution in [0.2, 0.25) is 0 Å². The van der Waals surface area contributed by atoms with Gasteiger partial charge >= 0.3 is 5.97 Å². The lowest BCUT2D eigenvalue weighted by molar-refractivity contribution is -0.137. The van der Waals surface area contributed by atoms with Crippen molar-refractivity contribution in [1.29, 1.82) is 0 Å². The minimum absolute atomic E-state index is 0.0586. The van der Waals surface area contributed by atoms with Gasteiger partial charge in [-0.2, -0.15) is 0 Å². The number of rotatable bonds is 5. The molecule has 2 aliphatic rings. The molecule has 2 rings (SSSR count). The molecule has 116 valence electrons. The van der Waals surface area contributed by atoms with Crippen LogP contribution < -0.4 is 0 Å². The zero-order chi connectivity index (χ0) is 14.6. The van der Waals surface area contributed by atoms with E-state index in [0.717, 1.165) is 58.2 Å². The van der Waals surface area contributed by atoms with Gasteiger partial charge in [0.2, 0.25) is 0 Å². The van der Waals surface area contributed by atoms with Crippen molar-refractivity contribution in [2.45, 2.75) is 70.4 Å². The summed E-state index contributed by atoms with van der Waals surface area (Å²) in [7, 11) is 0. The van der Waals surface area contributed by atoms with Gasteiger partial charge in [0.1, 0.15) is 0 Å². The molecule has 0 amide bonds. The van der Waals surface area contributed by atoms with Gasteiger partial charge in [0.25, 0.3) is 0 Å². The molecule has 2 saturated heterocycles. The van der Waals surface area contributed by atoms with Gasteiger partial charge in [-0.3, -0.25) is 4.79 Å². The summed E-state index contributed by atoms with van der Waals surface area (Å²) >= 11 is 0. The summed E-state index contributed by atoms with van der Waals surface area (Å²) in [5, 5.41) is 8.76. The Balaban J connectivity index is 1.77. The van der Waals surface area contributed by atoms with E-state index >= 15 is 0 Å². The van der Waals surface area contributed by atoms with Gasteiger partial charge in [-0.1, -0.05) is 6.92 Å². The lowest BCUT2D eigenvalue weighted by atomic mass is 9.86. The van der Waals surface area contributed by atoms with E-state index in [1.807, 2.05) is 0 Å². The molecule has 0 aromatic heterocycles. The van der Waals surface area contributed by atoms with Crippen LogP contribution in [0.4, 0.5) is 0 Å². The van der Waals surface area contributed by atoms with Crippen molar-refractivity contribution in [2.75, 3.05) is 19.7 Å². The number of piperidine rings is 1. The third kappa shape index (κ3) is 4.19. The van der Waals surface area contributed by atoms with Gasteiger partial charge in [0.15, 0.2) is 0 Å². The molecule has 2 fully saturated rings. The van der Waals surface area contributed by atoms with Gasteiger partial charge in [-0.15, -0.1) is 0 Å². The number of ether oxygens (including phenoxy) is 1. The fourth-order valence-corrected chi connectivity index (χ4v) is 3.59. The third-order valence-corrected chi connectivity index (χ3v) is 5.25. The molecule has 0 aliphatic carbocycles. The Labute approximate surface area is 122 Å².